The summed E-state index contributed by atoms with van der Waals surface area (Å²) in [5.74, 6) is 0.627. The Balaban J connectivity index is 2.13. The van der Waals surface area contributed by atoms with Crippen molar-refractivity contribution < 1.29 is 0 Å². The first-order valence-corrected chi connectivity index (χ1v) is 7.09. The second-order valence-corrected chi connectivity index (χ2v) is 5.52. The van der Waals surface area contributed by atoms with Crippen LogP contribution in [-0.4, -0.2) is 19.5 Å². The summed E-state index contributed by atoms with van der Waals surface area (Å²) >= 11 is 2.05. The normalized spacial score (nSPS) is 15.0. The Labute approximate surface area is 118 Å². The predicted octanol–water partition coefficient (Wildman–Crippen LogP) is 2.14. The van der Waals surface area contributed by atoms with Gasteiger partial charge in [-0.25, -0.2) is 9.97 Å². The molecule has 0 radical (unpaired) electrons. The molecule has 2 aromatic rings. The van der Waals surface area contributed by atoms with Crippen LogP contribution >= 0.6 is 22.6 Å². The van der Waals surface area contributed by atoms with E-state index in [1.807, 2.05) is 35.8 Å². The van der Waals surface area contributed by atoms with E-state index in [1.54, 1.807) is 6.20 Å². The fourth-order valence-electron chi connectivity index (χ4n) is 1.99. The third kappa shape index (κ3) is 1.98. The zero-order chi connectivity index (χ0) is 12.7. The van der Waals surface area contributed by atoms with Crippen molar-refractivity contribution in [3.8, 4) is 11.5 Å². The number of aromatic amines is 1. The maximum absolute atomic E-state index is 11.9. The highest BCUT2D eigenvalue weighted by molar-refractivity contribution is 14.1. The molecule has 3 rings (SSSR count). The van der Waals surface area contributed by atoms with E-state index in [1.165, 1.54) is 12.8 Å². The molecule has 2 heterocycles. The van der Waals surface area contributed by atoms with Crippen molar-refractivity contribution in [2.75, 3.05) is 0 Å². The first-order chi connectivity index (χ1) is 8.70. The Morgan fingerprint density at radius 2 is 2.33 bits per heavy atom. The molecule has 2 aromatic heterocycles. The molecule has 5 nitrogen and oxygen atoms in total. The Bertz CT molecular complexity index is 642. The minimum atomic E-state index is -0.0685. The van der Waals surface area contributed by atoms with Crippen LogP contribution in [0, 0.1) is 3.57 Å². The maximum atomic E-state index is 11.9. The summed E-state index contributed by atoms with van der Waals surface area (Å²) < 4.78 is 2.78. The third-order valence-electron chi connectivity index (χ3n) is 3.12. The van der Waals surface area contributed by atoms with Gasteiger partial charge >= 0.3 is 0 Å². The number of aromatic nitrogens is 4. The van der Waals surface area contributed by atoms with Crippen LogP contribution in [0.4, 0.5) is 0 Å². The zero-order valence-electron chi connectivity index (χ0n) is 9.98. The average Bonchev–Trinajstić information content (AvgIpc) is 3.10. The largest absolute Gasteiger partial charge is 0.325 e. The van der Waals surface area contributed by atoms with Gasteiger partial charge in [0.2, 0.25) is 0 Å². The molecule has 18 heavy (non-hydrogen) atoms. The highest BCUT2D eigenvalue weighted by Gasteiger charge is 2.26. The fraction of sp³-hybridized carbons (Fsp3) is 0.417. The van der Waals surface area contributed by atoms with Gasteiger partial charge in [0.05, 0.1) is 21.8 Å². The van der Waals surface area contributed by atoms with Crippen LogP contribution in [-0.2, 0) is 6.42 Å². The monoisotopic (exact) mass is 356 g/mol. The maximum Gasteiger partial charge on any atom is 0.264 e. The molecule has 1 fully saturated rings. The first-order valence-electron chi connectivity index (χ1n) is 6.01. The van der Waals surface area contributed by atoms with Crippen molar-refractivity contribution in [3.05, 3.63) is 32.1 Å². The van der Waals surface area contributed by atoms with Crippen molar-refractivity contribution in [1.29, 1.82) is 0 Å². The number of nitrogens with zero attached hydrogens (tertiary/aromatic N) is 3. The van der Waals surface area contributed by atoms with Gasteiger partial charge in [-0.15, -0.1) is 0 Å². The molecule has 94 valence electrons. The number of hydrogen-bond acceptors (Lipinski definition) is 3. The van der Waals surface area contributed by atoms with Crippen LogP contribution in [0.5, 0.6) is 0 Å². The van der Waals surface area contributed by atoms with Crippen LogP contribution in [0.2, 0.25) is 0 Å². The number of rotatable bonds is 3. The van der Waals surface area contributed by atoms with Gasteiger partial charge in [0.15, 0.2) is 5.82 Å². The Hall–Kier alpha value is -1.18. The standard InChI is InChI=1S/C12H13IN4O/c1-2-8-10(13)12(18)16-11(15-8)9-5-14-6-17(9)7-3-4-7/h5-7H,2-4H2,1H3,(H,15,16,18). The molecule has 0 saturated heterocycles. The molecule has 0 atom stereocenters. The molecule has 0 aliphatic heterocycles. The number of aryl methyl sites for hydroxylation is 1. The smallest absolute Gasteiger partial charge is 0.264 e. The molecule has 6 heteroatoms. The lowest BCUT2D eigenvalue weighted by Crippen LogP contribution is -2.16. The third-order valence-corrected chi connectivity index (χ3v) is 4.23. The van der Waals surface area contributed by atoms with Crippen molar-refractivity contribution in [2.45, 2.75) is 32.2 Å². The van der Waals surface area contributed by atoms with Gasteiger partial charge in [-0.3, -0.25) is 4.79 Å². The first kappa shape index (κ1) is 11.9. The van der Waals surface area contributed by atoms with Crippen LogP contribution < -0.4 is 5.56 Å². The van der Waals surface area contributed by atoms with E-state index in [9.17, 15) is 4.79 Å². The fourth-order valence-corrected chi connectivity index (χ4v) is 2.63. The molecular weight excluding hydrogens is 343 g/mol. The summed E-state index contributed by atoms with van der Waals surface area (Å²) in [6, 6.07) is 0.525. The van der Waals surface area contributed by atoms with E-state index < -0.39 is 0 Å². The van der Waals surface area contributed by atoms with Gasteiger partial charge < -0.3 is 9.55 Å². The SMILES string of the molecule is CCc1nc(-c2cncn2C2CC2)[nH]c(=O)c1I. The van der Waals surface area contributed by atoms with Crippen molar-refractivity contribution in [1.82, 2.24) is 19.5 Å². The minimum Gasteiger partial charge on any atom is -0.325 e. The lowest BCUT2D eigenvalue weighted by atomic mass is 10.3. The summed E-state index contributed by atoms with van der Waals surface area (Å²) in [5, 5.41) is 0. The Morgan fingerprint density at radius 3 is 3.00 bits per heavy atom. The Morgan fingerprint density at radius 1 is 1.56 bits per heavy atom. The van der Waals surface area contributed by atoms with Crippen molar-refractivity contribution >= 4 is 22.6 Å². The second-order valence-electron chi connectivity index (χ2n) is 4.45. The number of H-pyrrole nitrogens is 1. The minimum absolute atomic E-state index is 0.0685. The molecule has 0 bridgehead atoms. The molecule has 1 N–H and O–H groups in total. The summed E-state index contributed by atoms with van der Waals surface area (Å²) in [4.78, 5) is 23.4. The van der Waals surface area contributed by atoms with Crippen LogP contribution in [0.1, 0.15) is 31.5 Å². The van der Waals surface area contributed by atoms with Gasteiger partial charge in [-0.2, -0.15) is 0 Å². The summed E-state index contributed by atoms with van der Waals surface area (Å²) in [6.45, 7) is 2.01. The lowest BCUT2D eigenvalue weighted by molar-refractivity contribution is 0.741. The molecule has 0 amide bonds. The number of nitrogens with one attached hydrogen (secondary N) is 1. The van der Waals surface area contributed by atoms with Crippen LogP contribution in [0.25, 0.3) is 11.5 Å². The van der Waals surface area contributed by atoms with E-state index in [2.05, 4.69) is 19.5 Å². The highest BCUT2D eigenvalue weighted by Crippen LogP contribution is 2.37. The van der Waals surface area contributed by atoms with Crippen molar-refractivity contribution in [3.63, 3.8) is 0 Å². The average molecular weight is 356 g/mol. The second kappa shape index (κ2) is 4.49. The van der Waals surface area contributed by atoms with E-state index in [0.717, 1.165) is 17.8 Å². The van der Waals surface area contributed by atoms with Crippen LogP contribution in [0.3, 0.4) is 0 Å². The zero-order valence-corrected chi connectivity index (χ0v) is 12.1. The highest BCUT2D eigenvalue weighted by atomic mass is 127. The number of halogens is 1. The quantitative estimate of drug-likeness (QED) is 0.858. The molecule has 0 unspecified atom stereocenters. The van der Waals surface area contributed by atoms with Crippen molar-refractivity contribution in [2.24, 2.45) is 0 Å². The Kier molecular flexibility index (Phi) is 2.96. The summed E-state index contributed by atoms with van der Waals surface area (Å²) in [7, 11) is 0. The van der Waals surface area contributed by atoms with Gasteiger partial charge in [0.25, 0.3) is 5.56 Å². The summed E-state index contributed by atoms with van der Waals surface area (Å²) in [6.07, 6.45) is 6.70. The molecule has 1 saturated carbocycles. The van der Waals surface area contributed by atoms with Crippen LogP contribution in [0.15, 0.2) is 17.3 Å². The van der Waals surface area contributed by atoms with E-state index in [0.29, 0.717) is 15.4 Å². The lowest BCUT2D eigenvalue weighted by Gasteiger charge is -2.07. The number of hydrogen-bond donors (Lipinski definition) is 1. The van der Waals surface area contributed by atoms with Gasteiger partial charge in [0, 0.05) is 6.04 Å². The molecular formula is C12H13IN4O. The van der Waals surface area contributed by atoms with E-state index >= 15 is 0 Å². The van der Waals surface area contributed by atoms with E-state index in [4.69, 9.17) is 0 Å². The molecule has 1 aliphatic rings. The van der Waals surface area contributed by atoms with Gasteiger partial charge in [-0.1, -0.05) is 6.92 Å². The van der Waals surface area contributed by atoms with Gasteiger partial charge in [0.1, 0.15) is 5.69 Å². The summed E-state index contributed by atoms with van der Waals surface area (Å²) in [5.41, 5.74) is 1.68. The number of imidazole rings is 1. The topological polar surface area (TPSA) is 63.6 Å². The molecule has 1 aliphatic carbocycles. The van der Waals surface area contributed by atoms with Gasteiger partial charge in [-0.05, 0) is 41.9 Å². The molecule has 0 aromatic carbocycles. The van der Waals surface area contributed by atoms with E-state index in [-0.39, 0.29) is 5.56 Å². The predicted molar refractivity (Wildman–Crippen MR) is 76.4 cm³/mol. The molecule has 0 spiro atoms.